The van der Waals surface area contributed by atoms with E-state index in [9.17, 15) is 9.59 Å². The first-order valence-corrected chi connectivity index (χ1v) is 12.4. The van der Waals surface area contributed by atoms with Gasteiger partial charge in [-0.25, -0.2) is 0 Å². The van der Waals surface area contributed by atoms with Crippen LogP contribution in [0.25, 0.3) is 0 Å². The Morgan fingerprint density at radius 3 is 2.38 bits per heavy atom. The van der Waals surface area contributed by atoms with E-state index < -0.39 is 0 Å². The van der Waals surface area contributed by atoms with Crippen LogP contribution in [-0.4, -0.2) is 23.1 Å². The fourth-order valence-corrected chi connectivity index (χ4v) is 3.88. The maximum atomic E-state index is 12.6. The van der Waals surface area contributed by atoms with Gasteiger partial charge in [0.25, 0.3) is 0 Å². The lowest BCUT2D eigenvalue weighted by molar-refractivity contribution is -0.117. The van der Waals surface area contributed by atoms with Gasteiger partial charge in [-0.1, -0.05) is 55.5 Å². The molecule has 3 N–H and O–H groups in total. The standard InChI is InChI=1S/C31H34N4O2/c1-5-28(26-13-9-11-24(19-26)22(4)36)35-31(37)17-16-27(32)25-12-8-10-23(18-25)20-33-29-14-6-7-15-30(29)34-21(2)3/h6-19,28,32-33H,5,20H2,1-4H3,(H,35,37)/b17-16-,32-27?/t28-/m0/s1. The first-order chi connectivity index (χ1) is 17.8. The van der Waals surface area contributed by atoms with Gasteiger partial charge in [-0.2, -0.15) is 0 Å². The van der Waals surface area contributed by atoms with Gasteiger partial charge in [0.15, 0.2) is 5.78 Å². The van der Waals surface area contributed by atoms with Crippen molar-refractivity contribution in [2.75, 3.05) is 5.32 Å². The molecule has 1 atom stereocenters. The Morgan fingerprint density at radius 2 is 1.65 bits per heavy atom. The molecule has 1 amide bonds. The lowest BCUT2D eigenvalue weighted by Gasteiger charge is -2.17. The van der Waals surface area contributed by atoms with Crippen molar-refractivity contribution in [1.29, 1.82) is 5.41 Å². The predicted octanol–water partition coefficient (Wildman–Crippen LogP) is 6.81. The van der Waals surface area contributed by atoms with Crippen LogP contribution in [0.4, 0.5) is 11.4 Å². The summed E-state index contributed by atoms with van der Waals surface area (Å²) in [4.78, 5) is 28.9. The molecule has 0 saturated carbocycles. The highest BCUT2D eigenvalue weighted by molar-refractivity contribution is 6.09. The first-order valence-electron chi connectivity index (χ1n) is 12.4. The maximum absolute atomic E-state index is 12.6. The molecule has 6 nitrogen and oxygen atoms in total. The first kappa shape index (κ1) is 27.3. The van der Waals surface area contributed by atoms with Gasteiger partial charge < -0.3 is 16.0 Å². The summed E-state index contributed by atoms with van der Waals surface area (Å²) in [5, 5.41) is 14.8. The number of anilines is 1. The SMILES string of the molecule is CC[C@H](NC(=O)/C=C\C(=N)c1cccc(CNc2ccccc2N=C(C)C)c1)c1cccc(C(C)=O)c1. The highest BCUT2D eigenvalue weighted by atomic mass is 16.1. The van der Waals surface area contributed by atoms with Gasteiger partial charge in [0, 0.05) is 23.9 Å². The minimum atomic E-state index is -0.286. The monoisotopic (exact) mass is 494 g/mol. The molecule has 37 heavy (non-hydrogen) atoms. The molecular weight excluding hydrogens is 460 g/mol. The van der Waals surface area contributed by atoms with Gasteiger partial charge >= 0.3 is 0 Å². The lowest BCUT2D eigenvalue weighted by Crippen LogP contribution is -2.26. The topological polar surface area (TPSA) is 94.4 Å². The Kier molecular flexibility index (Phi) is 9.67. The van der Waals surface area contributed by atoms with E-state index in [0.29, 0.717) is 18.5 Å². The normalized spacial score (nSPS) is 11.6. The van der Waals surface area contributed by atoms with Crippen LogP contribution in [0.15, 0.2) is 89.9 Å². The minimum absolute atomic E-state index is 0.0115. The molecule has 0 saturated heterocycles. The zero-order chi connectivity index (χ0) is 26.8. The third-order valence-electron chi connectivity index (χ3n) is 5.79. The van der Waals surface area contributed by atoms with Crippen LogP contribution < -0.4 is 10.6 Å². The summed E-state index contributed by atoms with van der Waals surface area (Å²) >= 11 is 0. The second kappa shape index (κ2) is 13.1. The van der Waals surface area contributed by atoms with Gasteiger partial charge in [-0.05, 0) is 74.2 Å². The van der Waals surface area contributed by atoms with Crippen LogP contribution in [0, 0.1) is 5.41 Å². The van der Waals surface area contributed by atoms with Crippen LogP contribution in [0.3, 0.4) is 0 Å². The maximum Gasteiger partial charge on any atom is 0.244 e. The Morgan fingerprint density at radius 1 is 0.919 bits per heavy atom. The quantitative estimate of drug-likeness (QED) is 0.155. The summed E-state index contributed by atoms with van der Waals surface area (Å²) in [5.74, 6) is -0.298. The number of hydrogen-bond acceptors (Lipinski definition) is 5. The number of hydrogen-bond donors (Lipinski definition) is 3. The number of ketones is 1. The number of benzene rings is 3. The summed E-state index contributed by atoms with van der Waals surface area (Å²) in [5.41, 5.74) is 6.30. The third kappa shape index (κ3) is 8.10. The van der Waals surface area contributed by atoms with Gasteiger partial charge in [0.2, 0.25) is 5.91 Å². The van der Waals surface area contributed by atoms with Crippen LogP contribution >= 0.6 is 0 Å². The smallest absolute Gasteiger partial charge is 0.244 e. The molecule has 0 bridgehead atoms. The summed E-state index contributed by atoms with van der Waals surface area (Å²) in [6.45, 7) is 8.02. The number of carbonyl (C=O) groups is 2. The van der Waals surface area contributed by atoms with E-state index in [0.717, 1.165) is 33.8 Å². The van der Waals surface area contributed by atoms with E-state index in [1.807, 2.05) is 87.5 Å². The average Bonchev–Trinajstić information content (AvgIpc) is 2.89. The van der Waals surface area contributed by atoms with E-state index in [4.69, 9.17) is 5.41 Å². The number of allylic oxidation sites excluding steroid dienone is 1. The van der Waals surface area contributed by atoms with Crippen LogP contribution in [0.2, 0.25) is 0 Å². The van der Waals surface area contributed by atoms with E-state index in [-0.39, 0.29) is 23.4 Å². The highest BCUT2D eigenvalue weighted by Crippen LogP contribution is 2.25. The number of carbonyl (C=O) groups excluding carboxylic acids is 2. The van der Waals surface area contributed by atoms with Crippen LogP contribution in [-0.2, 0) is 11.3 Å². The van der Waals surface area contributed by atoms with Crippen molar-refractivity contribution < 1.29 is 9.59 Å². The van der Waals surface area contributed by atoms with Gasteiger partial charge in [0.05, 0.1) is 23.1 Å². The number of rotatable bonds is 11. The summed E-state index contributed by atoms with van der Waals surface area (Å²) in [6, 6.07) is 22.7. The Bertz CT molecular complexity index is 1340. The van der Waals surface area contributed by atoms with Crippen LogP contribution in [0.5, 0.6) is 0 Å². The molecule has 190 valence electrons. The summed E-state index contributed by atoms with van der Waals surface area (Å²) in [7, 11) is 0. The molecule has 0 aliphatic rings. The fourth-order valence-electron chi connectivity index (χ4n) is 3.88. The summed E-state index contributed by atoms with van der Waals surface area (Å²) < 4.78 is 0. The molecule has 3 aromatic carbocycles. The van der Waals surface area contributed by atoms with Crippen molar-refractivity contribution in [3.05, 3.63) is 107 Å². The molecule has 0 unspecified atom stereocenters. The number of nitrogens with one attached hydrogen (secondary N) is 3. The molecule has 0 aromatic heterocycles. The number of aliphatic imine (C=N–C) groups is 1. The van der Waals surface area contributed by atoms with Crippen LogP contribution in [0.1, 0.15) is 67.2 Å². The zero-order valence-electron chi connectivity index (χ0n) is 21.8. The van der Waals surface area contributed by atoms with Crippen molar-refractivity contribution in [2.45, 2.75) is 46.7 Å². The van der Waals surface area contributed by atoms with Crippen molar-refractivity contribution in [3.8, 4) is 0 Å². The van der Waals surface area contributed by atoms with E-state index in [2.05, 4.69) is 15.6 Å². The minimum Gasteiger partial charge on any atom is -0.379 e. The molecule has 0 radical (unpaired) electrons. The second-order valence-corrected chi connectivity index (χ2v) is 9.03. The Labute approximate surface area is 219 Å². The van der Waals surface area contributed by atoms with Crippen molar-refractivity contribution in [1.82, 2.24) is 5.32 Å². The van der Waals surface area contributed by atoms with Gasteiger partial charge in [-0.15, -0.1) is 0 Å². The lowest BCUT2D eigenvalue weighted by atomic mass is 10.0. The molecule has 0 aliphatic carbocycles. The molecular formula is C31H34N4O2. The average molecular weight is 495 g/mol. The number of para-hydroxylation sites is 2. The molecule has 0 aliphatic heterocycles. The molecule has 0 heterocycles. The number of nitrogens with zero attached hydrogens (tertiary/aromatic N) is 1. The fraction of sp³-hybridized carbons (Fsp3) is 0.226. The molecule has 3 rings (SSSR count). The van der Waals surface area contributed by atoms with E-state index in [1.165, 1.54) is 19.1 Å². The Balaban J connectivity index is 1.63. The molecule has 3 aromatic rings. The molecule has 0 spiro atoms. The highest BCUT2D eigenvalue weighted by Gasteiger charge is 2.13. The van der Waals surface area contributed by atoms with Gasteiger partial charge in [-0.3, -0.25) is 14.6 Å². The van der Waals surface area contributed by atoms with Crippen molar-refractivity contribution >= 4 is 34.5 Å². The second-order valence-electron chi connectivity index (χ2n) is 9.03. The van der Waals surface area contributed by atoms with Crippen molar-refractivity contribution in [3.63, 3.8) is 0 Å². The predicted molar refractivity (Wildman–Crippen MR) is 152 cm³/mol. The number of Topliss-reactive ketones (excluding diaryl/α,β-unsaturated/α-hetero) is 1. The summed E-state index contributed by atoms with van der Waals surface area (Å²) in [6.07, 6.45) is 3.57. The van der Waals surface area contributed by atoms with Crippen molar-refractivity contribution in [2.24, 2.45) is 4.99 Å². The Hall–Kier alpha value is -4.32. The van der Waals surface area contributed by atoms with E-state index >= 15 is 0 Å². The molecule has 0 fully saturated rings. The number of amides is 1. The zero-order valence-corrected chi connectivity index (χ0v) is 21.8. The molecule has 6 heteroatoms. The van der Waals surface area contributed by atoms with E-state index in [1.54, 1.807) is 6.07 Å². The largest absolute Gasteiger partial charge is 0.379 e. The van der Waals surface area contributed by atoms with Gasteiger partial charge in [0.1, 0.15) is 0 Å². The third-order valence-corrected chi connectivity index (χ3v) is 5.79.